The van der Waals surface area contributed by atoms with Crippen LogP contribution in [0.3, 0.4) is 0 Å². The Bertz CT molecular complexity index is 1280. The number of amides is 1. The summed E-state index contributed by atoms with van der Waals surface area (Å²) in [5, 5.41) is 14.8. The van der Waals surface area contributed by atoms with Crippen LogP contribution in [0.1, 0.15) is 17.0 Å². The smallest absolute Gasteiger partial charge is 0.355 e. The van der Waals surface area contributed by atoms with E-state index in [0.717, 1.165) is 17.5 Å². The zero-order valence-electron chi connectivity index (χ0n) is 18.7. The Labute approximate surface area is 201 Å². The van der Waals surface area contributed by atoms with Gasteiger partial charge in [-0.3, -0.25) is 25.8 Å². The molecule has 0 fully saturated rings. The molecule has 1 heterocycles. The molecule has 0 bridgehead atoms. The van der Waals surface area contributed by atoms with Gasteiger partial charge >= 0.3 is 5.69 Å². The summed E-state index contributed by atoms with van der Waals surface area (Å²) >= 11 is 0. The average Bonchev–Trinajstić information content (AvgIpc) is 2.89. The van der Waals surface area contributed by atoms with E-state index < -0.39 is 22.4 Å². The topological polar surface area (TPSA) is 131 Å². The van der Waals surface area contributed by atoms with Gasteiger partial charge in [0, 0.05) is 11.8 Å². The average molecular weight is 470 g/mol. The number of methoxy groups -OCH3 is 1. The Hall–Kier alpha value is -4.99. The van der Waals surface area contributed by atoms with Crippen molar-refractivity contribution in [3.05, 3.63) is 112 Å². The van der Waals surface area contributed by atoms with E-state index in [2.05, 4.69) is 26.1 Å². The predicted octanol–water partition coefficient (Wildman–Crippen LogP) is 4.41. The highest BCUT2D eigenvalue weighted by atomic mass is 16.6. The number of hydrazine groups is 1. The van der Waals surface area contributed by atoms with E-state index in [1.807, 2.05) is 60.7 Å². The first-order valence-electron chi connectivity index (χ1n) is 10.6. The number of aromatic nitrogens is 2. The number of anilines is 3. The molecule has 0 atom stereocenters. The van der Waals surface area contributed by atoms with E-state index >= 15 is 0 Å². The van der Waals surface area contributed by atoms with Crippen LogP contribution < -0.4 is 20.9 Å². The van der Waals surface area contributed by atoms with Crippen molar-refractivity contribution in [1.29, 1.82) is 0 Å². The Morgan fingerprint density at radius 3 is 2.14 bits per heavy atom. The lowest BCUT2D eigenvalue weighted by atomic mass is 9.91. The van der Waals surface area contributed by atoms with E-state index in [1.54, 1.807) is 24.3 Å². The minimum Gasteiger partial charge on any atom is -0.497 e. The van der Waals surface area contributed by atoms with E-state index in [4.69, 9.17) is 4.74 Å². The van der Waals surface area contributed by atoms with E-state index in [9.17, 15) is 14.9 Å². The third kappa shape index (κ3) is 5.50. The van der Waals surface area contributed by atoms with Gasteiger partial charge in [0.25, 0.3) is 0 Å². The summed E-state index contributed by atoms with van der Waals surface area (Å²) in [4.78, 5) is 32.5. The van der Waals surface area contributed by atoms with Gasteiger partial charge in [0.05, 0.1) is 18.0 Å². The molecular weight excluding hydrogens is 448 g/mol. The first-order valence-corrected chi connectivity index (χ1v) is 10.6. The van der Waals surface area contributed by atoms with Crippen LogP contribution in [0.15, 0.2) is 91.3 Å². The van der Waals surface area contributed by atoms with Gasteiger partial charge in [-0.05, 0) is 23.3 Å². The van der Waals surface area contributed by atoms with Crippen molar-refractivity contribution in [3.8, 4) is 5.75 Å². The van der Waals surface area contributed by atoms with Gasteiger partial charge in [-0.25, -0.2) is 9.97 Å². The highest BCUT2D eigenvalue weighted by Gasteiger charge is 2.26. The summed E-state index contributed by atoms with van der Waals surface area (Å²) in [6.07, 6.45) is 1.16. The molecule has 0 aliphatic carbocycles. The molecule has 176 valence electrons. The molecule has 0 saturated heterocycles. The van der Waals surface area contributed by atoms with Crippen molar-refractivity contribution in [2.45, 2.75) is 5.92 Å². The van der Waals surface area contributed by atoms with E-state index in [0.29, 0.717) is 11.4 Å². The van der Waals surface area contributed by atoms with Crippen LogP contribution in [0.2, 0.25) is 0 Å². The monoisotopic (exact) mass is 470 g/mol. The normalized spacial score (nSPS) is 10.5. The van der Waals surface area contributed by atoms with Gasteiger partial charge in [-0.15, -0.1) is 0 Å². The molecule has 1 amide bonds. The quantitative estimate of drug-likeness (QED) is 0.242. The molecule has 35 heavy (non-hydrogen) atoms. The number of nitrogens with zero attached hydrogens (tertiary/aromatic N) is 3. The molecule has 3 aromatic carbocycles. The Morgan fingerprint density at radius 2 is 1.54 bits per heavy atom. The standard InChI is InChI=1S/C25H22N6O4/c1-35-20-14-8-13-19(15-20)28-23-22(31(33)34)24(27-16-26-23)29-30-25(32)21(17-9-4-2-5-10-17)18-11-6-3-7-12-18/h2-16,21H,1H3,(H,30,32)(H2,26,27,28,29). The van der Waals surface area contributed by atoms with Crippen molar-refractivity contribution < 1.29 is 14.5 Å². The SMILES string of the molecule is COc1cccc(Nc2ncnc(NNC(=O)C(c3ccccc3)c3ccccc3)c2[N+](=O)[O-])c1. The van der Waals surface area contributed by atoms with E-state index in [1.165, 1.54) is 7.11 Å². The number of carbonyl (C=O) groups is 1. The Kier molecular flexibility index (Phi) is 7.12. The molecule has 4 rings (SSSR count). The molecule has 10 nitrogen and oxygen atoms in total. The van der Waals surface area contributed by atoms with Crippen LogP contribution in [0, 0.1) is 10.1 Å². The maximum absolute atomic E-state index is 13.2. The van der Waals surface area contributed by atoms with Gasteiger partial charge in [0.1, 0.15) is 12.1 Å². The first kappa shape index (κ1) is 23.2. The zero-order chi connectivity index (χ0) is 24.6. The molecular formula is C25H22N6O4. The summed E-state index contributed by atoms with van der Waals surface area (Å²) < 4.78 is 5.19. The summed E-state index contributed by atoms with van der Waals surface area (Å²) in [5.74, 6) is -0.677. The minimum atomic E-state index is -0.639. The molecule has 10 heteroatoms. The molecule has 4 aromatic rings. The highest BCUT2D eigenvalue weighted by Crippen LogP contribution is 2.32. The second-order valence-electron chi connectivity index (χ2n) is 7.40. The second kappa shape index (κ2) is 10.8. The zero-order valence-corrected chi connectivity index (χ0v) is 18.7. The number of rotatable bonds is 9. The van der Waals surface area contributed by atoms with Crippen LogP contribution in [0.25, 0.3) is 0 Å². The number of carbonyl (C=O) groups excluding carboxylic acids is 1. The van der Waals surface area contributed by atoms with Gasteiger partial charge in [0.2, 0.25) is 17.5 Å². The molecule has 0 radical (unpaired) electrons. The van der Waals surface area contributed by atoms with Crippen LogP contribution >= 0.6 is 0 Å². The Morgan fingerprint density at radius 1 is 0.914 bits per heavy atom. The third-order valence-corrected chi connectivity index (χ3v) is 5.17. The van der Waals surface area contributed by atoms with Crippen molar-refractivity contribution >= 4 is 28.9 Å². The molecule has 0 aliphatic rings. The second-order valence-corrected chi connectivity index (χ2v) is 7.40. The predicted molar refractivity (Wildman–Crippen MR) is 131 cm³/mol. The lowest BCUT2D eigenvalue weighted by molar-refractivity contribution is -0.383. The minimum absolute atomic E-state index is 0.0438. The molecule has 0 unspecified atom stereocenters. The Balaban J connectivity index is 1.59. The maximum Gasteiger partial charge on any atom is 0.355 e. The highest BCUT2D eigenvalue weighted by molar-refractivity contribution is 5.88. The van der Waals surface area contributed by atoms with Gasteiger partial charge in [-0.1, -0.05) is 66.7 Å². The maximum atomic E-state index is 13.2. The summed E-state index contributed by atoms with van der Waals surface area (Å²) in [6.45, 7) is 0. The van der Waals surface area contributed by atoms with Gasteiger partial charge in [0.15, 0.2) is 0 Å². The number of ether oxygens (including phenoxy) is 1. The number of nitro groups is 1. The van der Waals surface area contributed by atoms with Crippen molar-refractivity contribution in [1.82, 2.24) is 15.4 Å². The molecule has 3 N–H and O–H groups in total. The van der Waals surface area contributed by atoms with Gasteiger partial charge < -0.3 is 10.1 Å². The molecule has 1 aromatic heterocycles. The molecule has 0 spiro atoms. The first-order chi connectivity index (χ1) is 17.1. The van der Waals surface area contributed by atoms with Gasteiger partial charge in [-0.2, -0.15) is 0 Å². The number of benzene rings is 3. The van der Waals surface area contributed by atoms with Crippen LogP contribution in [-0.4, -0.2) is 27.9 Å². The van der Waals surface area contributed by atoms with Crippen LogP contribution in [-0.2, 0) is 4.79 Å². The largest absolute Gasteiger partial charge is 0.497 e. The fourth-order valence-electron chi connectivity index (χ4n) is 3.55. The fraction of sp³-hybridized carbons (Fsp3) is 0.0800. The molecule has 0 aliphatic heterocycles. The summed E-state index contributed by atoms with van der Waals surface area (Å²) in [7, 11) is 1.52. The van der Waals surface area contributed by atoms with Crippen LogP contribution in [0.5, 0.6) is 5.75 Å². The summed E-state index contributed by atoms with van der Waals surface area (Å²) in [6, 6.07) is 25.4. The third-order valence-electron chi connectivity index (χ3n) is 5.17. The van der Waals surface area contributed by atoms with Crippen LogP contribution in [0.4, 0.5) is 23.0 Å². The lowest BCUT2D eigenvalue weighted by Crippen LogP contribution is -2.35. The van der Waals surface area contributed by atoms with Crippen molar-refractivity contribution in [2.75, 3.05) is 17.9 Å². The summed E-state index contributed by atoms with van der Waals surface area (Å²) in [5.41, 5.74) is 6.83. The number of hydrogen-bond acceptors (Lipinski definition) is 8. The number of nitrogens with one attached hydrogen (secondary N) is 3. The van der Waals surface area contributed by atoms with E-state index in [-0.39, 0.29) is 11.6 Å². The number of hydrogen-bond donors (Lipinski definition) is 3. The molecule has 0 saturated carbocycles. The van der Waals surface area contributed by atoms with Crippen molar-refractivity contribution in [2.24, 2.45) is 0 Å². The van der Waals surface area contributed by atoms with Crippen molar-refractivity contribution in [3.63, 3.8) is 0 Å². The fourth-order valence-corrected chi connectivity index (χ4v) is 3.55. The lowest BCUT2D eigenvalue weighted by Gasteiger charge is -2.18.